The lowest BCUT2D eigenvalue weighted by Crippen LogP contribution is -2.38. The number of anilines is 1. The lowest BCUT2D eigenvalue weighted by atomic mass is 9.97. The highest BCUT2D eigenvalue weighted by Crippen LogP contribution is 2.21. The molecule has 2 heterocycles. The van der Waals surface area contributed by atoms with Crippen LogP contribution in [0.5, 0.6) is 0 Å². The molecule has 1 fully saturated rings. The molecule has 0 saturated carbocycles. The van der Waals surface area contributed by atoms with Crippen LogP contribution in [0.25, 0.3) is 0 Å². The molecule has 0 radical (unpaired) electrons. The molecule has 0 unspecified atom stereocenters. The molecule has 0 amide bonds. The second kappa shape index (κ2) is 8.27. The van der Waals surface area contributed by atoms with E-state index in [1.165, 1.54) is 12.8 Å². The summed E-state index contributed by atoms with van der Waals surface area (Å²) in [6, 6.07) is 0. The molecule has 1 N–H and O–H groups in total. The molecule has 0 bridgehead atoms. The van der Waals surface area contributed by atoms with Gasteiger partial charge in [-0.1, -0.05) is 0 Å². The SMILES string of the molecule is CCOCCCn1ccnc1N1CCC(CNC)CC1. The summed E-state index contributed by atoms with van der Waals surface area (Å²) in [6.07, 6.45) is 7.56. The molecule has 1 aromatic rings. The van der Waals surface area contributed by atoms with Crippen LogP contribution in [0.2, 0.25) is 0 Å². The number of hydrogen-bond acceptors (Lipinski definition) is 4. The summed E-state index contributed by atoms with van der Waals surface area (Å²) in [5.74, 6) is 1.95. The largest absolute Gasteiger partial charge is 0.382 e. The predicted molar refractivity (Wildman–Crippen MR) is 82.2 cm³/mol. The first-order valence-corrected chi connectivity index (χ1v) is 7.83. The van der Waals surface area contributed by atoms with Crippen molar-refractivity contribution in [3.05, 3.63) is 12.4 Å². The zero-order valence-electron chi connectivity index (χ0n) is 12.8. The van der Waals surface area contributed by atoms with Gasteiger partial charge in [-0.3, -0.25) is 0 Å². The fourth-order valence-electron chi connectivity index (χ4n) is 2.87. The molecule has 0 atom stereocenters. The first kappa shape index (κ1) is 15.3. The van der Waals surface area contributed by atoms with E-state index in [1.54, 1.807) is 0 Å². The number of aryl methyl sites for hydroxylation is 1. The molecule has 20 heavy (non-hydrogen) atoms. The van der Waals surface area contributed by atoms with E-state index in [9.17, 15) is 0 Å². The highest BCUT2D eigenvalue weighted by Gasteiger charge is 2.21. The van der Waals surface area contributed by atoms with Gasteiger partial charge < -0.3 is 19.5 Å². The topological polar surface area (TPSA) is 42.3 Å². The van der Waals surface area contributed by atoms with E-state index < -0.39 is 0 Å². The molecule has 1 aliphatic rings. The summed E-state index contributed by atoms with van der Waals surface area (Å²) >= 11 is 0. The zero-order valence-corrected chi connectivity index (χ0v) is 12.8. The average molecular weight is 280 g/mol. The van der Waals surface area contributed by atoms with Gasteiger partial charge in [-0.2, -0.15) is 0 Å². The van der Waals surface area contributed by atoms with E-state index in [2.05, 4.69) is 26.0 Å². The molecule has 0 spiro atoms. The van der Waals surface area contributed by atoms with Gasteiger partial charge in [0.2, 0.25) is 5.95 Å². The Morgan fingerprint density at radius 1 is 1.40 bits per heavy atom. The quantitative estimate of drug-likeness (QED) is 0.737. The number of aromatic nitrogens is 2. The normalized spacial score (nSPS) is 16.8. The van der Waals surface area contributed by atoms with Crippen molar-refractivity contribution in [3.8, 4) is 0 Å². The Labute approximate surface area is 122 Å². The monoisotopic (exact) mass is 280 g/mol. The fraction of sp³-hybridized carbons (Fsp3) is 0.800. The van der Waals surface area contributed by atoms with Gasteiger partial charge in [0.15, 0.2) is 0 Å². The van der Waals surface area contributed by atoms with Crippen LogP contribution in [0.15, 0.2) is 12.4 Å². The van der Waals surface area contributed by atoms with Gasteiger partial charge in [-0.05, 0) is 45.7 Å². The maximum atomic E-state index is 5.40. The van der Waals surface area contributed by atoms with Crippen LogP contribution in [-0.2, 0) is 11.3 Å². The van der Waals surface area contributed by atoms with Crippen molar-refractivity contribution in [1.82, 2.24) is 14.9 Å². The second-order valence-electron chi connectivity index (χ2n) is 5.46. The number of rotatable bonds is 8. The molecule has 1 aromatic heterocycles. The Morgan fingerprint density at radius 3 is 2.90 bits per heavy atom. The third-order valence-corrected chi connectivity index (χ3v) is 3.98. The molecule has 5 nitrogen and oxygen atoms in total. The van der Waals surface area contributed by atoms with Crippen molar-refractivity contribution < 1.29 is 4.74 Å². The minimum absolute atomic E-state index is 0.801. The second-order valence-corrected chi connectivity index (χ2v) is 5.46. The molecule has 1 aliphatic heterocycles. The van der Waals surface area contributed by atoms with Crippen molar-refractivity contribution in [2.45, 2.75) is 32.7 Å². The van der Waals surface area contributed by atoms with E-state index in [0.29, 0.717) is 0 Å². The standard InChI is InChI=1S/C15H28N4O/c1-3-20-12-4-8-18-11-7-17-15(18)19-9-5-14(6-10-19)13-16-2/h7,11,14,16H,3-6,8-10,12-13H2,1-2H3. The maximum absolute atomic E-state index is 5.40. The lowest BCUT2D eigenvalue weighted by Gasteiger charge is -2.33. The number of hydrogen-bond donors (Lipinski definition) is 1. The minimum atomic E-state index is 0.801. The summed E-state index contributed by atoms with van der Waals surface area (Å²) in [7, 11) is 2.04. The van der Waals surface area contributed by atoms with Gasteiger partial charge >= 0.3 is 0 Å². The van der Waals surface area contributed by atoms with Crippen LogP contribution in [-0.4, -0.2) is 49.4 Å². The van der Waals surface area contributed by atoms with E-state index in [1.807, 2.05) is 20.2 Å². The van der Waals surface area contributed by atoms with Crippen LogP contribution >= 0.6 is 0 Å². The van der Waals surface area contributed by atoms with Gasteiger partial charge in [-0.15, -0.1) is 0 Å². The van der Waals surface area contributed by atoms with Crippen molar-refractivity contribution in [1.29, 1.82) is 0 Å². The van der Waals surface area contributed by atoms with E-state index in [0.717, 1.165) is 57.7 Å². The van der Waals surface area contributed by atoms with Crippen LogP contribution in [0, 0.1) is 5.92 Å². The van der Waals surface area contributed by atoms with Crippen LogP contribution in [0.3, 0.4) is 0 Å². The smallest absolute Gasteiger partial charge is 0.205 e. The zero-order chi connectivity index (χ0) is 14.2. The van der Waals surface area contributed by atoms with Crippen molar-refractivity contribution in [3.63, 3.8) is 0 Å². The predicted octanol–water partition coefficient (Wildman–Crippen LogP) is 1.75. The summed E-state index contributed by atoms with van der Waals surface area (Å²) < 4.78 is 7.67. The molecule has 5 heteroatoms. The Bertz CT molecular complexity index is 372. The molecule has 114 valence electrons. The highest BCUT2D eigenvalue weighted by atomic mass is 16.5. The molecular formula is C15H28N4O. The van der Waals surface area contributed by atoms with Gasteiger partial charge in [0, 0.05) is 45.2 Å². The number of ether oxygens (including phenoxy) is 1. The number of piperidine rings is 1. The highest BCUT2D eigenvalue weighted by molar-refractivity contribution is 5.31. The molecule has 2 rings (SSSR count). The molecule has 0 aromatic carbocycles. The lowest BCUT2D eigenvalue weighted by molar-refractivity contribution is 0.141. The summed E-state index contributed by atoms with van der Waals surface area (Å²) in [5.41, 5.74) is 0. The number of imidazole rings is 1. The Hall–Kier alpha value is -1.07. The van der Waals surface area contributed by atoms with Gasteiger partial charge in [0.25, 0.3) is 0 Å². The molecular weight excluding hydrogens is 252 g/mol. The summed E-state index contributed by atoms with van der Waals surface area (Å²) in [4.78, 5) is 6.97. The average Bonchev–Trinajstić information content (AvgIpc) is 2.93. The van der Waals surface area contributed by atoms with Crippen LogP contribution < -0.4 is 10.2 Å². The van der Waals surface area contributed by atoms with Crippen LogP contribution in [0.4, 0.5) is 5.95 Å². The van der Waals surface area contributed by atoms with Gasteiger partial charge in [-0.25, -0.2) is 4.98 Å². The number of nitrogens with one attached hydrogen (secondary N) is 1. The Balaban J connectivity index is 1.82. The van der Waals surface area contributed by atoms with E-state index in [-0.39, 0.29) is 0 Å². The number of nitrogens with zero attached hydrogens (tertiary/aromatic N) is 3. The minimum Gasteiger partial charge on any atom is -0.382 e. The van der Waals surface area contributed by atoms with Gasteiger partial charge in [0.1, 0.15) is 0 Å². The van der Waals surface area contributed by atoms with E-state index in [4.69, 9.17) is 4.74 Å². The summed E-state index contributed by atoms with van der Waals surface area (Å²) in [5, 5.41) is 3.29. The third kappa shape index (κ3) is 4.21. The summed E-state index contributed by atoms with van der Waals surface area (Å²) in [6.45, 7) is 8.04. The van der Waals surface area contributed by atoms with Crippen molar-refractivity contribution in [2.75, 3.05) is 44.8 Å². The van der Waals surface area contributed by atoms with Crippen LogP contribution in [0.1, 0.15) is 26.2 Å². The van der Waals surface area contributed by atoms with E-state index >= 15 is 0 Å². The first-order chi connectivity index (χ1) is 9.85. The Morgan fingerprint density at radius 2 is 2.20 bits per heavy atom. The van der Waals surface area contributed by atoms with Crippen molar-refractivity contribution >= 4 is 5.95 Å². The fourth-order valence-corrected chi connectivity index (χ4v) is 2.87. The first-order valence-electron chi connectivity index (χ1n) is 7.83. The van der Waals surface area contributed by atoms with Gasteiger partial charge in [0.05, 0.1) is 0 Å². The third-order valence-electron chi connectivity index (χ3n) is 3.98. The maximum Gasteiger partial charge on any atom is 0.205 e. The van der Waals surface area contributed by atoms with Crippen molar-refractivity contribution in [2.24, 2.45) is 5.92 Å². The molecule has 1 saturated heterocycles. The molecule has 0 aliphatic carbocycles. The Kier molecular flexibility index (Phi) is 6.33.